The predicted octanol–water partition coefficient (Wildman–Crippen LogP) is 3.17. The molecule has 2 unspecified atom stereocenters. The number of hydrogen-bond donors (Lipinski definition) is 1. The Kier molecular flexibility index (Phi) is 3.87. The highest BCUT2D eigenvalue weighted by Gasteiger charge is 2.26. The van der Waals surface area contributed by atoms with Crippen LogP contribution in [0.3, 0.4) is 0 Å². The molecule has 0 fully saturated rings. The second kappa shape index (κ2) is 5.66. The molecule has 2 aromatic rings. The summed E-state index contributed by atoms with van der Waals surface area (Å²) in [5.41, 5.74) is 7.07. The molecule has 2 aromatic carbocycles. The molecular formula is C15H13ClFNO2S. The summed E-state index contributed by atoms with van der Waals surface area (Å²) in [6.07, 6.45) is 0.292. The predicted molar refractivity (Wildman–Crippen MR) is 81.7 cm³/mol. The molecule has 3 rings (SSSR count). The van der Waals surface area contributed by atoms with Crippen molar-refractivity contribution < 1.29 is 13.3 Å². The minimum atomic E-state index is -1.32. The van der Waals surface area contributed by atoms with Crippen molar-refractivity contribution in [3.05, 3.63) is 52.8 Å². The number of hydrogen-bond acceptors (Lipinski definition) is 3. The largest absolute Gasteiger partial charge is 0.489 e. The van der Waals surface area contributed by atoms with Crippen molar-refractivity contribution in [1.29, 1.82) is 0 Å². The first kappa shape index (κ1) is 14.4. The van der Waals surface area contributed by atoms with Crippen molar-refractivity contribution in [1.82, 2.24) is 0 Å². The van der Waals surface area contributed by atoms with Gasteiger partial charge in [0.15, 0.2) is 0 Å². The maximum atomic E-state index is 13.2. The average Bonchev–Trinajstić information content (AvgIpc) is 2.82. The molecule has 0 saturated heterocycles. The fourth-order valence-corrected chi connectivity index (χ4v) is 3.88. The fourth-order valence-electron chi connectivity index (χ4n) is 2.35. The third kappa shape index (κ3) is 3.04. The highest BCUT2D eigenvalue weighted by atomic mass is 35.5. The van der Waals surface area contributed by atoms with Crippen LogP contribution in [0.2, 0.25) is 5.02 Å². The first-order valence-electron chi connectivity index (χ1n) is 6.41. The van der Waals surface area contributed by atoms with Crippen molar-refractivity contribution in [3.63, 3.8) is 0 Å². The van der Waals surface area contributed by atoms with E-state index in [9.17, 15) is 8.60 Å². The molecule has 0 saturated carbocycles. The molecule has 0 aliphatic carbocycles. The lowest BCUT2D eigenvalue weighted by Crippen LogP contribution is -2.22. The van der Waals surface area contributed by atoms with Gasteiger partial charge in [-0.05, 0) is 36.4 Å². The van der Waals surface area contributed by atoms with Gasteiger partial charge in [0, 0.05) is 22.7 Å². The van der Waals surface area contributed by atoms with Gasteiger partial charge in [0.2, 0.25) is 0 Å². The van der Waals surface area contributed by atoms with Gasteiger partial charge in [-0.25, -0.2) is 4.39 Å². The number of rotatable bonds is 3. The Labute approximate surface area is 129 Å². The Morgan fingerprint density at radius 3 is 2.95 bits per heavy atom. The number of nitrogen functional groups attached to an aromatic ring is 1. The summed E-state index contributed by atoms with van der Waals surface area (Å²) in [7, 11) is -1.32. The average molecular weight is 326 g/mol. The van der Waals surface area contributed by atoms with Gasteiger partial charge in [0.05, 0.1) is 21.4 Å². The van der Waals surface area contributed by atoms with Crippen LogP contribution in [0.25, 0.3) is 0 Å². The standard InChI is InChI=1S/C15H13ClFNO2S/c16-10-1-3-13(18)15(7-10)21(19)8-12-6-9-5-11(17)2-4-14(9)20-12/h1-5,7,12H,6,8,18H2. The topological polar surface area (TPSA) is 52.3 Å². The second-order valence-corrected chi connectivity index (χ2v) is 6.79. The minimum absolute atomic E-state index is 0.249. The number of halogens is 2. The molecule has 21 heavy (non-hydrogen) atoms. The molecule has 3 nitrogen and oxygen atoms in total. The van der Waals surface area contributed by atoms with Crippen LogP contribution in [0.4, 0.5) is 10.1 Å². The summed E-state index contributed by atoms with van der Waals surface area (Å²) in [5.74, 6) is 0.650. The Morgan fingerprint density at radius 2 is 2.14 bits per heavy atom. The minimum Gasteiger partial charge on any atom is -0.489 e. The molecular weight excluding hydrogens is 313 g/mol. The van der Waals surface area contributed by atoms with E-state index in [4.69, 9.17) is 22.1 Å². The van der Waals surface area contributed by atoms with Crippen LogP contribution < -0.4 is 10.5 Å². The summed E-state index contributed by atoms with van der Waals surface area (Å²) < 4.78 is 31.3. The summed E-state index contributed by atoms with van der Waals surface area (Å²) >= 11 is 5.91. The van der Waals surface area contributed by atoms with Gasteiger partial charge < -0.3 is 10.5 Å². The van der Waals surface area contributed by atoms with Crippen LogP contribution >= 0.6 is 11.6 Å². The summed E-state index contributed by atoms with van der Waals surface area (Å²) in [5, 5.41) is 0.491. The van der Waals surface area contributed by atoms with Crippen LogP contribution in [-0.4, -0.2) is 16.1 Å². The normalized spacial score (nSPS) is 18.1. The van der Waals surface area contributed by atoms with Gasteiger partial charge >= 0.3 is 0 Å². The zero-order valence-electron chi connectivity index (χ0n) is 11.0. The first-order valence-corrected chi connectivity index (χ1v) is 8.11. The lowest BCUT2D eigenvalue weighted by Gasteiger charge is -2.11. The van der Waals surface area contributed by atoms with E-state index in [1.54, 1.807) is 24.3 Å². The van der Waals surface area contributed by atoms with Gasteiger partial charge in [-0.2, -0.15) is 0 Å². The number of nitrogens with two attached hydrogens (primary N) is 1. The van der Waals surface area contributed by atoms with Gasteiger partial charge in [-0.15, -0.1) is 0 Å². The van der Waals surface area contributed by atoms with Gasteiger partial charge in [-0.3, -0.25) is 4.21 Å². The molecule has 0 spiro atoms. The monoisotopic (exact) mass is 325 g/mol. The lowest BCUT2D eigenvalue weighted by atomic mass is 10.1. The summed E-state index contributed by atoms with van der Waals surface area (Å²) in [6, 6.07) is 9.30. The maximum absolute atomic E-state index is 13.2. The molecule has 110 valence electrons. The van der Waals surface area contributed by atoms with Gasteiger partial charge in [-0.1, -0.05) is 11.6 Å². The van der Waals surface area contributed by atoms with Crippen LogP contribution in [0, 0.1) is 5.82 Å². The highest BCUT2D eigenvalue weighted by Crippen LogP contribution is 2.31. The molecule has 0 radical (unpaired) electrons. The summed E-state index contributed by atoms with van der Waals surface area (Å²) in [6.45, 7) is 0. The highest BCUT2D eigenvalue weighted by molar-refractivity contribution is 7.85. The number of benzene rings is 2. The van der Waals surface area contributed by atoms with E-state index in [0.29, 0.717) is 33.5 Å². The maximum Gasteiger partial charge on any atom is 0.123 e. The molecule has 1 aliphatic heterocycles. The van der Waals surface area contributed by atoms with Crippen molar-refractivity contribution in [3.8, 4) is 5.75 Å². The lowest BCUT2D eigenvalue weighted by molar-refractivity contribution is 0.258. The van der Waals surface area contributed by atoms with Crippen molar-refractivity contribution in [2.45, 2.75) is 17.4 Å². The molecule has 0 amide bonds. The van der Waals surface area contributed by atoms with Crippen molar-refractivity contribution in [2.75, 3.05) is 11.5 Å². The van der Waals surface area contributed by atoms with E-state index in [0.717, 1.165) is 5.56 Å². The third-order valence-corrected chi connectivity index (χ3v) is 5.08. The molecule has 2 atom stereocenters. The first-order chi connectivity index (χ1) is 10.0. The summed E-state index contributed by atoms with van der Waals surface area (Å²) in [4.78, 5) is 0.508. The smallest absolute Gasteiger partial charge is 0.123 e. The Hall–Kier alpha value is -1.59. The van der Waals surface area contributed by atoms with E-state index < -0.39 is 10.8 Å². The van der Waals surface area contributed by atoms with Crippen molar-refractivity contribution >= 4 is 28.1 Å². The SMILES string of the molecule is Nc1ccc(Cl)cc1S(=O)CC1Cc2cc(F)ccc2O1. The van der Waals surface area contributed by atoms with E-state index in [1.807, 2.05) is 0 Å². The van der Waals surface area contributed by atoms with Crippen LogP contribution in [0.5, 0.6) is 5.75 Å². The molecule has 1 aliphatic rings. The molecule has 1 heterocycles. The Morgan fingerprint density at radius 1 is 1.33 bits per heavy atom. The van der Waals surface area contributed by atoms with Crippen LogP contribution in [0.1, 0.15) is 5.56 Å². The number of ether oxygens (including phenoxy) is 1. The molecule has 2 N–H and O–H groups in total. The number of anilines is 1. The van der Waals surface area contributed by atoms with E-state index in [-0.39, 0.29) is 11.9 Å². The van der Waals surface area contributed by atoms with Gasteiger partial charge in [0.1, 0.15) is 17.7 Å². The molecule has 0 aromatic heterocycles. The van der Waals surface area contributed by atoms with Crippen molar-refractivity contribution in [2.24, 2.45) is 0 Å². The van der Waals surface area contributed by atoms with Crippen LogP contribution in [0.15, 0.2) is 41.3 Å². The Bertz CT molecular complexity index is 723. The third-order valence-electron chi connectivity index (χ3n) is 3.32. The molecule has 0 bridgehead atoms. The van der Waals surface area contributed by atoms with E-state index in [1.165, 1.54) is 12.1 Å². The number of fused-ring (bicyclic) bond motifs is 1. The zero-order valence-corrected chi connectivity index (χ0v) is 12.6. The van der Waals surface area contributed by atoms with E-state index >= 15 is 0 Å². The second-order valence-electron chi connectivity index (χ2n) is 4.89. The molecule has 6 heteroatoms. The van der Waals surface area contributed by atoms with Crippen LogP contribution in [-0.2, 0) is 17.2 Å². The Balaban J connectivity index is 1.74. The quantitative estimate of drug-likeness (QED) is 0.882. The fraction of sp³-hybridized carbons (Fsp3) is 0.200. The zero-order chi connectivity index (χ0) is 15.0. The van der Waals surface area contributed by atoms with E-state index in [2.05, 4.69) is 0 Å². The van der Waals surface area contributed by atoms with Gasteiger partial charge in [0.25, 0.3) is 0 Å².